The van der Waals surface area contributed by atoms with Crippen LogP contribution in [0.25, 0.3) is 0 Å². The topological polar surface area (TPSA) is 9.23 Å². The van der Waals surface area contributed by atoms with Crippen LogP contribution in [0.2, 0.25) is 18.1 Å². The molecule has 2 heteroatoms. The highest BCUT2D eigenvalue weighted by atomic mass is 28.4. The van der Waals surface area contributed by atoms with Crippen molar-refractivity contribution in [1.29, 1.82) is 0 Å². The smallest absolute Gasteiger partial charge is 0.250 e. The molecule has 0 rings (SSSR count). The summed E-state index contributed by atoms with van der Waals surface area (Å²) >= 11 is 0. The normalized spacial score (nSPS) is 12.5. The van der Waals surface area contributed by atoms with E-state index in [4.69, 9.17) is 4.43 Å². The molecule has 0 atom stereocenters. The van der Waals surface area contributed by atoms with Gasteiger partial charge < -0.3 is 4.43 Å². The first-order valence-corrected chi connectivity index (χ1v) is 12.3. The number of hydrogen-bond acceptors (Lipinski definition) is 1. The maximum atomic E-state index is 6.45. The average Bonchev–Trinajstić information content (AvgIpc) is 2.55. The van der Waals surface area contributed by atoms with Gasteiger partial charge in [-0.25, -0.2) is 0 Å². The summed E-state index contributed by atoms with van der Waals surface area (Å²) in [5, 5.41) is 0. The van der Waals surface area contributed by atoms with Crippen LogP contribution in [0.3, 0.4) is 0 Å². The monoisotopic (exact) mass is 324 g/mol. The quantitative estimate of drug-likeness (QED) is 0.130. The molecule has 0 saturated carbocycles. The molecule has 22 heavy (non-hydrogen) atoms. The maximum Gasteiger partial charge on any atom is 0.250 e. The molecule has 0 spiro atoms. The van der Waals surface area contributed by atoms with Gasteiger partial charge in [-0.15, -0.1) is 0 Å². The molecule has 0 aromatic heterocycles. The lowest BCUT2D eigenvalue weighted by molar-refractivity contribution is 0.443. The van der Waals surface area contributed by atoms with Gasteiger partial charge in [0.15, 0.2) is 0 Å². The molecule has 0 unspecified atom stereocenters. The predicted octanol–water partition coefficient (Wildman–Crippen LogP) is 7.61. The fraction of sp³-hybridized carbons (Fsp3) is 0.800. The third-order valence-corrected chi connectivity index (χ3v) is 8.76. The Balaban J connectivity index is 4.56. The van der Waals surface area contributed by atoms with Crippen molar-refractivity contribution >= 4 is 8.32 Å². The van der Waals surface area contributed by atoms with Crippen molar-refractivity contribution in [1.82, 2.24) is 0 Å². The molecule has 130 valence electrons. The largest absolute Gasteiger partial charge is 0.549 e. The molecule has 0 aliphatic carbocycles. The molecular weight excluding hydrogens is 284 g/mol. The second-order valence-electron chi connectivity index (χ2n) is 6.51. The molecule has 0 saturated heterocycles. The van der Waals surface area contributed by atoms with E-state index in [0.29, 0.717) is 0 Å². The fourth-order valence-electron chi connectivity index (χ4n) is 2.77. The summed E-state index contributed by atoms with van der Waals surface area (Å²) < 4.78 is 6.45. The van der Waals surface area contributed by atoms with Crippen LogP contribution in [0, 0.1) is 0 Å². The molecule has 0 radical (unpaired) electrons. The van der Waals surface area contributed by atoms with E-state index in [9.17, 15) is 0 Å². The first-order valence-electron chi connectivity index (χ1n) is 9.74. The Hall–Kier alpha value is -0.503. The molecule has 0 bridgehead atoms. The highest BCUT2D eigenvalue weighted by Gasteiger charge is 2.33. The second kappa shape index (κ2) is 15.4. The predicted molar refractivity (Wildman–Crippen MR) is 104 cm³/mol. The van der Waals surface area contributed by atoms with Gasteiger partial charge in [0.1, 0.15) is 0 Å². The Morgan fingerprint density at radius 1 is 0.682 bits per heavy atom. The summed E-state index contributed by atoms with van der Waals surface area (Å²) in [6, 6.07) is 4.02. The van der Waals surface area contributed by atoms with Gasteiger partial charge in [0.25, 0.3) is 0 Å². The van der Waals surface area contributed by atoms with Gasteiger partial charge in [-0.05, 0) is 30.6 Å². The Labute approximate surface area is 141 Å². The second-order valence-corrected chi connectivity index (χ2v) is 10.6. The zero-order valence-corrected chi connectivity index (χ0v) is 16.7. The van der Waals surface area contributed by atoms with Gasteiger partial charge >= 0.3 is 0 Å². The molecule has 0 aliphatic rings. The van der Waals surface area contributed by atoms with Crippen molar-refractivity contribution in [3.8, 4) is 0 Å². The van der Waals surface area contributed by atoms with Crippen LogP contribution in [0.15, 0.2) is 24.5 Å². The van der Waals surface area contributed by atoms with Gasteiger partial charge in [-0.1, -0.05) is 91.2 Å². The molecule has 0 aromatic rings. The zero-order valence-electron chi connectivity index (χ0n) is 15.7. The van der Waals surface area contributed by atoms with Gasteiger partial charge in [-0.3, -0.25) is 0 Å². The minimum absolute atomic E-state index is 1.19. The van der Waals surface area contributed by atoms with Crippen LogP contribution in [-0.2, 0) is 4.43 Å². The minimum atomic E-state index is -1.55. The lowest BCUT2D eigenvalue weighted by Crippen LogP contribution is -2.36. The number of allylic oxidation sites excluding steroid dienone is 3. The van der Waals surface area contributed by atoms with Crippen LogP contribution in [0.4, 0.5) is 0 Å². The number of rotatable bonds is 15. The summed E-state index contributed by atoms with van der Waals surface area (Å²) in [5.41, 5.74) is 0. The van der Waals surface area contributed by atoms with Crippen molar-refractivity contribution in [2.45, 2.75) is 104 Å². The minimum Gasteiger partial charge on any atom is -0.549 e. The fourth-order valence-corrected chi connectivity index (χ4v) is 7.24. The third-order valence-electron chi connectivity index (χ3n) is 4.33. The molecule has 1 nitrogen and oxygen atoms in total. The van der Waals surface area contributed by atoms with Gasteiger partial charge in [0.2, 0.25) is 8.32 Å². The van der Waals surface area contributed by atoms with E-state index in [0.717, 1.165) is 0 Å². The van der Waals surface area contributed by atoms with Crippen LogP contribution in [0.1, 0.15) is 85.5 Å². The van der Waals surface area contributed by atoms with Crippen LogP contribution in [0.5, 0.6) is 0 Å². The Bertz CT molecular complexity index is 262. The van der Waals surface area contributed by atoms with Crippen LogP contribution < -0.4 is 0 Å². The highest BCUT2D eigenvalue weighted by Crippen LogP contribution is 2.29. The van der Waals surface area contributed by atoms with E-state index in [1.807, 2.05) is 6.26 Å². The molecule has 0 amide bonds. The number of unbranched alkanes of at least 4 members (excludes halogenated alkanes) is 5. The van der Waals surface area contributed by atoms with E-state index in [1.165, 1.54) is 75.9 Å². The molecule has 0 aromatic carbocycles. The van der Waals surface area contributed by atoms with Gasteiger partial charge in [0.05, 0.1) is 6.26 Å². The van der Waals surface area contributed by atoms with Gasteiger partial charge in [-0.2, -0.15) is 0 Å². The Kier molecular flexibility index (Phi) is 15.0. The summed E-state index contributed by atoms with van der Waals surface area (Å²) in [5.74, 6) is 0. The molecule has 0 aliphatic heterocycles. The van der Waals surface area contributed by atoms with Crippen molar-refractivity contribution in [2.24, 2.45) is 0 Å². The summed E-state index contributed by atoms with van der Waals surface area (Å²) in [4.78, 5) is 0. The Morgan fingerprint density at radius 3 is 1.64 bits per heavy atom. The maximum absolute atomic E-state index is 6.45. The first-order chi connectivity index (χ1) is 10.7. The standard InChI is InChI=1S/C20H40OSi/c1-5-9-13-14-15-16-17-21-22(18-10-6-2,19-11-7-3)20-12-8-4/h14-17H,5-13,18-20H2,1-4H3. The van der Waals surface area contributed by atoms with E-state index in [2.05, 4.69) is 45.9 Å². The van der Waals surface area contributed by atoms with E-state index in [-0.39, 0.29) is 0 Å². The average molecular weight is 325 g/mol. The highest BCUT2D eigenvalue weighted by molar-refractivity contribution is 6.74. The van der Waals surface area contributed by atoms with Crippen molar-refractivity contribution in [3.63, 3.8) is 0 Å². The lowest BCUT2D eigenvalue weighted by atomic mass is 10.2. The lowest BCUT2D eigenvalue weighted by Gasteiger charge is -2.30. The third kappa shape index (κ3) is 11.1. The molecule has 0 fully saturated rings. The summed E-state index contributed by atoms with van der Waals surface area (Å²) in [6.07, 6.45) is 20.1. The molecule has 0 N–H and O–H groups in total. The zero-order chi connectivity index (χ0) is 16.5. The number of hydrogen-bond donors (Lipinski definition) is 0. The Morgan fingerprint density at radius 2 is 1.18 bits per heavy atom. The van der Waals surface area contributed by atoms with E-state index in [1.54, 1.807) is 0 Å². The summed E-state index contributed by atoms with van der Waals surface area (Å²) in [7, 11) is -1.55. The SMILES string of the molecule is CCCCC=CC=CO[Si](CCCC)(CCCC)CCCC. The molecule has 0 heterocycles. The van der Waals surface area contributed by atoms with E-state index < -0.39 is 8.32 Å². The molecular formula is C20H40OSi. The van der Waals surface area contributed by atoms with Gasteiger partial charge in [0, 0.05) is 0 Å². The van der Waals surface area contributed by atoms with E-state index >= 15 is 0 Å². The summed E-state index contributed by atoms with van der Waals surface area (Å²) in [6.45, 7) is 9.13. The van der Waals surface area contributed by atoms with Crippen molar-refractivity contribution in [2.75, 3.05) is 0 Å². The first kappa shape index (κ1) is 21.5. The van der Waals surface area contributed by atoms with Crippen molar-refractivity contribution in [3.05, 3.63) is 24.5 Å². The van der Waals surface area contributed by atoms with Crippen LogP contribution >= 0.6 is 0 Å². The van der Waals surface area contributed by atoms with Crippen molar-refractivity contribution < 1.29 is 4.43 Å². The van der Waals surface area contributed by atoms with Crippen LogP contribution in [-0.4, -0.2) is 8.32 Å².